The summed E-state index contributed by atoms with van der Waals surface area (Å²) in [4.78, 5) is 0. The van der Waals surface area contributed by atoms with E-state index in [2.05, 4.69) is 11.8 Å². The lowest BCUT2D eigenvalue weighted by Gasteiger charge is -2.28. The van der Waals surface area contributed by atoms with Gasteiger partial charge in [-0.25, -0.2) is 0 Å². The van der Waals surface area contributed by atoms with Crippen molar-refractivity contribution in [3.8, 4) is 11.8 Å². The Morgan fingerprint density at radius 1 is 1.38 bits per heavy atom. The molecule has 1 aliphatic carbocycles. The minimum Gasteiger partial charge on any atom is -0.376 e. The van der Waals surface area contributed by atoms with Crippen molar-refractivity contribution < 1.29 is 4.74 Å². The van der Waals surface area contributed by atoms with Gasteiger partial charge in [-0.05, 0) is 19.8 Å². The predicted octanol–water partition coefficient (Wildman–Crippen LogP) is 1.69. The van der Waals surface area contributed by atoms with Crippen molar-refractivity contribution in [1.29, 1.82) is 0 Å². The van der Waals surface area contributed by atoms with E-state index >= 15 is 0 Å². The van der Waals surface area contributed by atoms with E-state index in [0.29, 0.717) is 0 Å². The molecule has 1 saturated carbocycles. The monoisotopic (exact) mass is 181 g/mol. The average Bonchev–Trinajstić information content (AvgIpc) is 2.15. The van der Waals surface area contributed by atoms with Crippen molar-refractivity contribution >= 4 is 0 Å². The van der Waals surface area contributed by atoms with Crippen LogP contribution in [-0.4, -0.2) is 18.8 Å². The number of rotatable bonds is 3. The van der Waals surface area contributed by atoms with E-state index in [1.807, 2.05) is 6.92 Å². The Bertz CT molecular complexity index is 192. The molecule has 0 saturated heterocycles. The summed E-state index contributed by atoms with van der Waals surface area (Å²) in [5.41, 5.74) is 5.93. The van der Waals surface area contributed by atoms with Gasteiger partial charge in [-0.15, -0.1) is 11.8 Å². The van der Waals surface area contributed by atoms with E-state index < -0.39 is 0 Å². The lowest BCUT2D eigenvalue weighted by atomic mass is 9.93. The molecule has 1 rings (SSSR count). The third kappa shape index (κ3) is 3.80. The van der Waals surface area contributed by atoms with Gasteiger partial charge in [0.25, 0.3) is 0 Å². The summed E-state index contributed by atoms with van der Waals surface area (Å²) in [6, 6.07) is 0.253. The molecule has 0 radical (unpaired) electrons. The second-order valence-corrected chi connectivity index (χ2v) is 3.53. The fourth-order valence-electron chi connectivity index (χ4n) is 1.72. The van der Waals surface area contributed by atoms with Crippen LogP contribution in [0.4, 0.5) is 0 Å². The van der Waals surface area contributed by atoms with E-state index in [4.69, 9.17) is 10.5 Å². The van der Waals surface area contributed by atoms with Crippen molar-refractivity contribution in [2.75, 3.05) is 6.61 Å². The summed E-state index contributed by atoms with van der Waals surface area (Å²) in [6.45, 7) is 2.59. The molecule has 1 aliphatic rings. The fraction of sp³-hybridized carbons (Fsp3) is 0.818. The molecule has 2 atom stereocenters. The van der Waals surface area contributed by atoms with E-state index in [1.54, 1.807) is 0 Å². The predicted molar refractivity (Wildman–Crippen MR) is 54.3 cm³/mol. The lowest BCUT2D eigenvalue weighted by molar-refractivity contribution is 0.0184. The van der Waals surface area contributed by atoms with Crippen LogP contribution in [-0.2, 0) is 4.74 Å². The second-order valence-electron chi connectivity index (χ2n) is 3.53. The van der Waals surface area contributed by atoms with Crippen molar-refractivity contribution in [2.24, 2.45) is 5.73 Å². The van der Waals surface area contributed by atoms with Gasteiger partial charge in [-0.1, -0.05) is 12.8 Å². The molecule has 2 nitrogen and oxygen atoms in total. The Hall–Kier alpha value is -0.520. The Labute approximate surface area is 80.8 Å². The molecular weight excluding hydrogens is 162 g/mol. The van der Waals surface area contributed by atoms with Gasteiger partial charge >= 0.3 is 0 Å². The maximum Gasteiger partial charge on any atom is 0.0726 e. The highest BCUT2D eigenvalue weighted by molar-refractivity contribution is 4.94. The zero-order chi connectivity index (χ0) is 9.52. The van der Waals surface area contributed by atoms with Gasteiger partial charge in [0.05, 0.1) is 12.7 Å². The summed E-state index contributed by atoms with van der Waals surface area (Å²) < 4.78 is 5.67. The first-order valence-electron chi connectivity index (χ1n) is 5.11. The fourth-order valence-corrected chi connectivity index (χ4v) is 1.72. The Morgan fingerprint density at radius 3 is 2.85 bits per heavy atom. The van der Waals surface area contributed by atoms with Crippen LogP contribution in [0, 0.1) is 11.8 Å². The second kappa shape index (κ2) is 6.01. The van der Waals surface area contributed by atoms with Crippen molar-refractivity contribution in [3.63, 3.8) is 0 Å². The molecule has 74 valence electrons. The van der Waals surface area contributed by atoms with E-state index in [9.17, 15) is 0 Å². The maximum absolute atomic E-state index is 5.93. The summed E-state index contributed by atoms with van der Waals surface area (Å²) in [5.74, 6) is 5.84. The first-order chi connectivity index (χ1) is 6.34. The SMILES string of the molecule is CC#CCCOC1CCCCC1N. The van der Waals surface area contributed by atoms with Crippen LogP contribution < -0.4 is 5.73 Å². The number of hydrogen-bond donors (Lipinski definition) is 1. The third-order valence-corrected chi connectivity index (χ3v) is 2.49. The molecule has 0 aliphatic heterocycles. The Kier molecular flexibility index (Phi) is 4.88. The molecule has 0 bridgehead atoms. The molecule has 0 amide bonds. The van der Waals surface area contributed by atoms with Crippen molar-refractivity contribution in [2.45, 2.75) is 51.2 Å². The zero-order valence-electron chi connectivity index (χ0n) is 8.38. The first kappa shape index (κ1) is 10.6. The molecule has 1 fully saturated rings. The van der Waals surface area contributed by atoms with Crippen molar-refractivity contribution in [3.05, 3.63) is 0 Å². The van der Waals surface area contributed by atoms with Crippen molar-refractivity contribution in [1.82, 2.24) is 0 Å². The smallest absolute Gasteiger partial charge is 0.0726 e. The maximum atomic E-state index is 5.93. The van der Waals surface area contributed by atoms with E-state index in [-0.39, 0.29) is 12.1 Å². The van der Waals surface area contributed by atoms with Gasteiger partial charge in [0.2, 0.25) is 0 Å². The summed E-state index contributed by atoms with van der Waals surface area (Å²) in [5, 5.41) is 0. The zero-order valence-corrected chi connectivity index (χ0v) is 8.38. The first-order valence-corrected chi connectivity index (χ1v) is 5.11. The summed E-state index contributed by atoms with van der Waals surface area (Å²) >= 11 is 0. The van der Waals surface area contributed by atoms with E-state index in [0.717, 1.165) is 25.9 Å². The molecule has 0 heterocycles. The number of nitrogens with two attached hydrogens (primary N) is 1. The van der Waals surface area contributed by atoms with Crippen LogP contribution in [0.3, 0.4) is 0 Å². The largest absolute Gasteiger partial charge is 0.376 e. The standard InChI is InChI=1S/C11H19NO/c1-2-3-6-9-13-11-8-5-4-7-10(11)12/h10-11H,4-9,12H2,1H3. The van der Waals surface area contributed by atoms with Gasteiger partial charge in [-0.2, -0.15) is 0 Å². The Balaban J connectivity index is 2.14. The minimum absolute atomic E-state index is 0.253. The molecule has 0 spiro atoms. The highest BCUT2D eigenvalue weighted by Crippen LogP contribution is 2.19. The van der Waals surface area contributed by atoms with Gasteiger partial charge in [0, 0.05) is 12.5 Å². The van der Waals surface area contributed by atoms with Crippen LogP contribution in [0.5, 0.6) is 0 Å². The molecule has 2 unspecified atom stereocenters. The molecular formula is C11H19NO. The van der Waals surface area contributed by atoms with Gasteiger partial charge in [0.1, 0.15) is 0 Å². The minimum atomic E-state index is 0.253. The van der Waals surface area contributed by atoms with Crippen LogP contribution in [0.15, 0.2) is 0 Å². The van der Waals surface area contributed by atoms with Gasteiger partial charge in [-0.3, -0.25) is 0 Å². The molecule has 2 heteroatoms. The number of ether oxygens (including phenoxy) is 1. The van der Waals surface area contributed by atoms with Crippen LogP contribution >= 0.6 is 0 Å². The molecule has 0 aromatic carbocycles. The molecule has 0 aromatic rings. The van der Waals surface area contributed by atoms with Gasteiger partial charge in [0.15, 0.2) is 0 Å². The summed E-state index contributed by atoms with van der Waals surface area (Å²) in [6.07, 6.45) is 5.88. The van der Waals surface area contributed by atoms with Gasteiger partial charge < -0.3 is 10.5 Å². The number of hydrogen-bond acceptors (Lipinski definition) is 2. The van der Waals surface area contributed by atoms with Crippen LogP contribution in [0.1, 0.15) is 39.0 Å². The molecule has 2 N–H and O–H groups in total. The normalized spacial score (nSPS) is 27.8. The average molecular weight is 181 g/mol. The van der Waals surface area contributed by atoms with Crippen LogP contribution in [0.25, 0.3) is 0 Å². The quantitative estimate of drug-likeness (QED) is 0.531. The molecule has 0 aromatic heterocycles. The highest BCUT2D eigenvalue weighted by Gasteiger charge is 2.21. The van der Waals surface area contributed by atoms with Crippen LogP contribution in [0.2, 0.25) is 0 Å². The highest BCUT2D eigenvalue weighted by atomic mass is 16.5. The molecule has 13 heavy (non-hydrogen) atoms. The van der Waals surface area contributed by atoms with E-state index in [1.165, 1.54) is 12.8 Å². The third-order valence-electron chi connectivity index (χ3n) is 2.49. The summed E-state index contributed by atoms with van der Waals surface area (Å²) in [7, 11) is 0. The lowest BCUT2D eigenvalue weighted by Crippen LogP contribution is -2.39. The Morgan fingerprint density at radius 2 is 2.15 bits per heavy atom. The topological polar surface area (TPSA) is 35.2 Å².